The minimum atomic E-state index is -0.704. The number of hydrogen-bond donors (Lipinski definition) is 2. The average Bonchev–Trinajstić information content (AvgIpc) is 2.68. The molecular formula is C20H20N4O4. The first kappa shape index (κ1) is 20.3. The lowest BCUT2D eigenvalue weighted by Gasteiger charge is -2.18. The Labute approximate surface area is 162 Å². The molecule has 8 nitrogen and oxygen atoms in total. The number of amides is 2. The van der Waals surface area contributed by atoms with Crippen molar-refractivity contribution in [3.8, 4) is 17.6 Å². The Kier molecular flexibility index (Phi) is 6.60. The molecule has 28 heavy (non-hydrogen) atoms. The third-order valence-corrected chi connectivity index (χ3v) is 3.77. The van der Waals surface area contributed by atoms with Gasteiger partial charge in [0.25, 0.3) is 5.91 Å². The molecule has 0 fully saturated rings. The SMILES string of the molecule is COc1ccc(OC)c(NC(=O)/C(C#N)=C\N(C(C)=O)c2cccc(N)c2)c1. The van der Waals surface area contributed by atoms with E-state index < -0.39 is 5.91 Å². The van der Waals surface area contributed by atoms with Crippen LogP contribution in [0.4, 0.5) is 17.1 Å². The number of carbonyl (C=O) groups excluding carboxylic acids is 2. The molecular weight excluding hydrogens is 360 g/mol. The fourth-order valence-electron chi connectivity index (χ4n) is 2.39. The van der Waals surface area contributed by atoms with E-state index in [4.69, 9.17) is 15.2 Å². The summed E-state index contributed by atoms with van der Waals surface area (Å²) in [5.74, 6) is -0.191. The molecule has 0 saturated heterocycles. The maximum atomic E-state index is 12.6. The Morgan fingerprint density at radius 3 is 2.50 bits per heavy atom. The van der Waals surface area contributed by atoms with Gasteiger partial charge in [-0.3, -0.25) is 14.5 Å². The summed E-state index contributed by atoms with van der Waals surface area (Å²) in [5, 5.41) is 12.0. The topological polar surface area (TPSA) is 118 Å². The maximum Gasteiger partial charge on any atom is 0.267 e. The lowest BCUT2D eigenvalue weighted by atomic mass is 10.2. The van der Waals surface area contributed by atoms with Crippen molar-refractivity contribution in [1.29, 1.82) is 5.26 Å². The Balaban J connectivity index is 2.36. The van der Waals surface area contributed by atoms with Crippen molar-refractivity contribution >= 4 is 28.9 Å². The number of anilines is 3. The van der Waals surface area contributed by atoms with Gasteiger partial charge in [-0.1, -0.05) is 6.07 Å². The third-order valence-electron chi connectivity index (χ3n) is 3.77. The van der Waals surface area contributed by atoms with Gasteiger partial charge in [0.1, 0.15) is 23.1 Å². The van der Waals surface area contributed by atoms with Gasteiger partial charge in [-0.05, 0) is 30.3 Å². The van der Waals surface area contributed by atoms with E-state index in [-0.39, 0.29) is 11.5 Å². The third kappa shape index (κ3) is 4.80. The highest BCUT2D eigenvalue weighted by Crippen LogP contribution is 2.29. The molecule has 2 aromatic carbocycles. The van der Waals surface area contributed by atoms with E-state index in [1.54, 1.807) is 42.5 Å². The van der Waals surface area contributed by atoms with Gasteiger partial charge in [-0.25, -0.2) is 0 Å². The molecule has 0 heterocycles. The van der Waals surface area contributed by atoms with Crippen LogP contribution in [0.2, 0.25) is 0 Å². The van der Waals surface area contributed by atoms with Gasteiger partial charge in [0, 0.05) is 24.9 Å². The molecule has 3 N–H and O–H groups in total. The Bertz CT molecular complexity index is 963. The monoisotopic (exact) mass is 380 g/mol. The van der Waals surface area contributed by atoms with Crippen molar-refractivity contribution in [1.82, 2.24) is 0 Å². The number of methoxy groups -OCH3 is 2. The Morgan fingerprint density at radius 1 is 1.18 bits per heavy atom. The molecule has 2 aromatic rings. The highest BCUT2D eigenvalue weighted by Gasteiger charge is 2.17. The van der Waals surface area contributed by atoms with Crippen molar-refractivity contribution < 1.29 is 19.1 Å². The van der Waals surface area contributed by atoms with Crippen LogP contribution in [-0.2, 0) is 9.59 Å². The maximum absolute atomic E-state index is 12.6. The number of ether oxygens (including phenoxy) is 2. The minimum Gasteiger partial charge on any atom is -0.497 e. The van der Waals surface area contributed by atoms with E-state index in [2.05, 4.69) is 5.32 Å². The molecule has 0 atom stereocenters. The summed E-state index contributed by atoms with van der Waals surface area (Å²) in [6, 6.07) is 13.2. The number of carbonyl (C=O) groups is 2. The van der Waals surface area contributed by atoms with Crippen molar-refractivity contribution in [3.05, 3.63) is 54.2 Å². The summed E-state index contributed by atoms with van der Waals surface area (Å²) in [4.78, 5) is 25.8. The second-order valence-corrected chi connectivity index (χ2v) is 5.66. The van der Waals surface area contributed by atoms with Gasteiger partial charge in [-0.2, -0.15) is 5.26 Å². The zero-order chi connectivity index (χ0) is 20.7. The van der Waals surface area contributed by atoms with Gasteiger partial charge in [-0.15, -0.1) is 0 Å². The van der Waals surface area contributed by atoms with Crippen molar-refractivity contribution in [2.24, 2.45) is 0 Å². The van der Waals surface area contributed by atoms with Crippen LogP contribution >= 0.6 is 0 Å². The predicted molar refractivity (Wildman–Crippen MR) is 106 cm³/mol. The quantitative estimate of drug-likeness (QED) is 0.452. The summed E-state index contributed by atoms with van der Waals surface area (Å²) >= 11 is 0. The van der Waals surface area contributed by atoms with Crippen LogP contribution in [0.5, 0.6) is 11.5 Å². The molecule has 0 aliphatic carbocycles. The van der Waals surface area contributed by atoms with Crippen molar-refractivity contribution in [2.75, 3.05) is 30.2 Å². The molecule has 2 amide bonds. The summed E-state index contributed by atoms with van der Waals surface area (Å²) in [6.07, 6.45) is 1.17. The molecule has 0 aliphatic rings. The highest BCUT2D eigenvalue weighted by atomic mass is 16.5. The van der Waals surface area contributed by atoms with Gasteiger partial charge >= 0.3 is 0 Å². The van der Waals surface area contributed by atoms with E-state index in [1.807, 2.05) is 6.07 Å². The first-order valence-electron chi connectivity index (χ1n) is 8.20. The summed E-state index contributed by atoms with van der Waals surface area (Å²) in [5.41, 5.74) is 6.68. The lowest BCUT2D eigenvalue weighted by Crippen LogP contribution is -2.25. The second kappa shape index (κ2) is 9.09. The van der Waals surface area contributed by atoms with Crippen LogP contribution in [0.3, 0.4) is 0 Å². The van der Waals surface area contributed by atoms with Crippen molar-refractivity contribution in [3.63, 3.8) is 0 Å². The smallest absolute Gasteiger partial charge is 0.267 e. The number of nitrogen functional groups attached to an aromatic ring is 1. The summed E-state index contributed by atoms with van der Waals surface area (Å²) in [7, 11) is 2.94. The van der Waals surface area contributed by atoms with Crippen LogP contribution in [0.25, 0.3) is 0 Å². The predicted octanol–water partition coefficient (Wildman–Crippen LogP) is 2.69. The van der Waals surface area contributed by atoms with Crippen molar-refractivity contribution in [2.45, 2.75) is 6.92 Å². The molecule has 0 radical (unpaired) electrons. The van der Waals surface area contributed by atoms with Crippen LogP contribution < -0.4 is 25.4 Å². The Hall–Kier alpha value is -3.99. The van der Waals surface area contributed by atoms with Crippen LogP contribution in [0, 0.1) is 11.3 Å². The zero-order valence-corrected chi connectivity index (χ0v) is 15.7. The average molecular weight is 380 g/mol. The van der Waals surface area contributed by atoms with Gasteiger partial charge in [0.2, 0.25) is 5.91 Å². The molecule has 0 spiro atoms. The first-order chi connectivity index (χ1) is 13.4. The Morgan fingerprint density at radius 2 is 1.93 bits per heavy atom. The number of hydrogen-bond acceptors (Lipinski definition) is 6. The van der Waals surface area contributed by atoms with E-state index in [9.17, 15) is 14.9 Å². The molecule has 0 unspecified atom stereocenters. The minimum absolute atomic E-state index is 0.275. The second-order valence-electron chi connectivity index (χ2n) is 5.66. The summed E-state index contributed by atoms with van der Waals surface area (Å²) < 4.78 is 10.3. The molecule has 0 bridgehead atoms. The van der Waals surface area contributed by atoms with Gasteiger partial charge in [0.05, 0.1) is 25.6 Å². The molecule has 8 heteroatoms. The molecule has 0 aliphatic heterocycles. The highest BCUT2D eigenvalue weighted by molar-refractivity contribution is 6.08. The standard InChI is InChI=1S/C20H20N4O4/c1-13(25)24(16-6-4-5-15(22)9-16)12-14(11-21)20(26)23-18-10-17(27-2)7-8-19(18)28-3/h4-10,12H,22H2,1-3H3,(H,23,26)/b14-12-. The number of nitrogens with two attached hydrogens (primary N) is 1. The van der Waals surface area contributed by atoms with Crippen LogP contribution in [-0.4, -0.2) is 26.0 Å². The fourth-order valence-corrected chi connectivity index (χ4v) is 2.39. The number of benzene rings is 2. The number of nitriles is 1. The van der Waals surface area contributed by atoms with Gasteiger partial charge in [0.15, 0.2) is 0 Å². The molecule has 0 aromatic heterocycles. The summed E-state index contributed by atoms with van der Waals surface area (Å²) in [6.45, 7) is 1.32. The van der Waals surface area contributed by atoms with E-state index in [1.165, 1.54) is 32.2 Å². The van der Waals surface area contributed by atoms with E-state index >= 15 is 0 Å². The largest absolute Gasteiger partial charge is 0.497 e. The number of rotatable bonds is 6. The first-order valence-corrected chi connectivity index (χ1v) is 8.20. The lowest BCUT2D eigenvalue weighted by molar-refractivity contribution is -0.116. The molecule has 2 rings (SSSR count). The fraction of sp³-hybridized carbons (Fsp3) is 0.150. The number of nitrogens with zero attached hydrogens (tertiary/aromatic N) is 2. The zero-order valence-electron chi connectivity index (χ0n) is 15.7. The normalized spacial score (nSPS) is 10.6. The van der Waals surface area contributed by atoms with Crippen LogP contribution in [0.1, 0.15) is 6.92 Å². The van der Waals surface area contributed by atoms with Crippen LogP contribution in [0.15, 0.2) is 54.2 Å². The van der Waals surface area contributed by atoms with E-state index in [0.29, 0.717) is 28.6 Å². The molecule has 0 saturated carbocycles. The van der Waals surface area contributed by atoms with E-state index in [0.717, 1.165) is 0 Å². The molecule has 144 valence electrons. The van der Waals surface area contributed by atoms with Gasteiger partial charge < -0.3 is 20.5 Å². The number of nitrogens with one attached hydrogen (secondary N) is 1.